The Labute approximate surface area is 81.8 Å². The van der Waals surface area contributed by atoms with E-state index in [0.717, 1.165) is 0 Å². The molecule has 0 spiro atoms. The highest BCUT2D eigenvalue weighted by atomic mass is 16.6. The van der Waals surface area contributed by atoms with E-state index in [9.17, 15) is 9.90 Å². The number of rotatable bonds is 0. The molecule has 2 heterocycles. The number of aliphatic hydroxyl groups excluding tert-OH is 1. The number of hydrogen-bond acceptors (Lipinski definition) is 4. The van der Waals surface area contributed by atoms with Crippen molar-refractivity contribution >= 4 is 5.97 Å². The van der Waals surface area contributed by atoms with Crippen LogP contribution in [0.1, 0.15) is 6.92 Å². The second kappa shape index (κ2) is 3.55. The molecular formula is C10H12O4. The van der Waals surface area contributed by atoms with Crippen molar-refractivity contribution in [2.45, 2.75) is 31.3 Å². The van der Waals surface area contributed by atoms with E-state index in [1.165, 1.54) is 12.2 Å². The summed E-state index contributed by atoms with van der Waals surface area (Å²) in [6.07, 6.45) is 4.93. The van der Waals surface area contributed by atoms with Gasteiger partial charge in [-0.05, 0) is 13.0 Å². The van der Waals surface area contributed by atoms with Gasteiger partial charge in [-0.3, -0.25) is 0 Å². The molecular weight excluding hydrogens is 184 g/mol. The quantitative estimate of drug-likeness (QED) is 0.341. The molecule has 0 saturated carbocycles. The van der Waals surface area contributed by atoms with Crippen molar-refractivity contribution in [1.29, 1.82) is 0 Å². The van der Waals surface area contributed by atoms with Crippen molar-refractivity contribution in [1.82, 2.24) is 0 Å². The smallest absolute Gasteiger partial charge is 0.330 e. The fourth-order valence-electron chi connectivity index (χ4n) is 1.42. The SMILES string of the molecule is C[C@@H]1OC(=O)/C=C\[C@@H](O)/C=C/[C@@H]2O[C@H]12. The maximum absolute atomic E-state index is 11.1. The topological polar surface area (TPSA) is 59.1 Å². The average molecular weight is 196 g/mol. The first kappa shape index (κ1) is 9.43. The Kier molecular flexibility index (Phi) is 2.39. The molecule has 0 unspecified atom stereocenters. The maximum Gasteiger partial charge on any atom is 0.330 e. The van der Waals surface area contributed by atoms with Crippen LogP contribution >= 0.6 is 0 Å². The van der Waals surface area contributed by atoms with Gasteiger partial charge in [-0.15, -0.1) is 0 Å². The molecule has 2 aliphatic rings. The minimum atomic E-state index is -0.749. The molecule has 4 atom stereocenters. The fourth-order valence-corrected chi connectivity index (χ4v) is 1.42. The third-order valence-electron chi connectivity index (χ3n) is 2.25. The molecule has 1 saturated heterocycles. The van der Waals surface area contributed by atoms with Gasteiger partial charge in [-0.25, -0.2) is 4.79 Å². The van der Waals surface area contributed by atoms with Crippen molar-refractivity contribution in [2.75, 3.05) is 0 Å². The zero-order chi connectivity index (χ0) is 10.1. The minimum Gasteiger partial charge on any atom is -0.457 e. The van der Waals surface area contributed by atoms with Gasteiger partial charge in [0.2, 0.25) is 0 Å². The lowest BCUT2D eigenvalue weighted by Gasteiger charge is -2.09. The summed E-state index contributed by atoms with van der Waals surface area (Å²) in [4.78, 5) is 11.1. The Morgan fingerprint density at radius 1 is 1.36 bits per heavy atom. The van der Waals surface area contributed by atoms with Gasteiger partial charge in [0.25, 0.3) is 0 Å². The van der Waals surface area contributed by atoms with Gasteiger partial charge in [-0.1, -0.05) is 12.2 Å². The highest BCUT2D eigenvalue weighted by Crippen LogP contribution is 2.28. The molecule has 0 aliphatic carbocycles. The van der Waals surface area contributed by atoms with Gasteiger partial charge in [0.1, 0.15) is 18.3 Å². The van der Waals surface area contributed by atoms with Crippen LogP contribution in [0.3, 0.4) is 0 Å². The van der Waals surface area contributed by atoms with Crippen molar-refractivity contribution in [3.8, 4) is 0 Å². The van der Waals surface area contributed by atoms with E-state index in [2.05, 4.69) is 0 Å². The number of ether oxygens (including phenoxy) is 2. The van der Waals surface area contributed by atoms with Crippen molar-refractivity contribution in [3.05, 3.63) is 24.3 Å². The summed E-state index contributed by atoms with van der Waals surface area (Å²) < 4.78 is 10.3. The Morgan fingerprint density at radius 3 is 2.93 bits per heavy atom. The monoisotopic (exact) mass is 196 g/mol. The van der Waals surface area contributed by atoms with Crippen molar-refractivity contribution < 1.29 is 19.4 Å². The molecule has 2 rings (SSSR count). The van der Waals surface area contributed by atoms with Crippen LogP contribution in [0.5, 0.6) is 0 Å². The highest BCUT2D eigenvalue weighted by Gasteiger charge is 2.43. The van der Waals surface area contributed by atoms with Crippen molar-refractivity contribution in [2.24, 2.45) is 0 Å². The average Bonchev–Trinajstić information content (AvgIpc) is 2.89. The molecule has 2 aliphatic heterocycles. The lowest BCUT2D eigenvalue weighted by Crippen LogP contribution is -2.21. The predicted molar refractivity (Wildman–Crippen MR) is 48.5 cm³/mol. The molecule has 14 heavy (non-hydrogen) atoms. The molecule has 1 N–H and O–H groups in total. The third-order valence-corrected chi connectivity index (χ3v) is 2.25. The lowest BCUT2D eigenvalue weighted by molar-refractivity contribution is -0.143. The lowest BCUT2D eigenvalue weighted by atomic mass is 10.2. The van der Waals surface area contributed by atoms with Crippen LogP contribution in [-0.4, -0.2) is 35.5 Å². The Bertz CT molecular complexity index is 294. The summed E-state index contributed by atoms with van der Waals surface area (Å²) in [7, 11) is 0. The van der Waals surface area contributed by atoms with Crippen LogP contribution in [0.4, 0.5) is 0 Å². The molecule has 0 radical (unpaired) electrons. The van der Waals surface area contributed by atoms with Crippen molar-refractivity contribution in [3.63, 3.8) is 0 Å². The van der Waals surface area contributed by atoms with E-state index < -0.39 is 12.1 Å². The van der Waals surface area contributed by atoms with E-state index >= 15 is 0 Å². The molecule has 4 heteroatoms. The maximum atomic E-state index is 11.1. The van der Waals surface area contributed by atoms with Crippen LogP contribution in [0.15, 0.2) is 24.3 Å². The highest BCUT2D eigenvalue weighted by molar-refractivity contribution is 5.82. The number of hydrogen-bond donors (Lipinski definition) is 1. The van der Waals surface area contributed by atoms with Crippen LogP contribution in [0.2, 0.25) is 0 Å². The summed E-state index contributed by atoms with van der Waals surface area (Å²) in [6.45, 7) is 1.79. The van der Waals surface area contributed by atoms with E-state index in [1.54, 1.807) is 19.1 Å². The second-order valence-corrected chi connectivity index (χ2v) is 3.44. The number of esters is 1. The number of epoxide rings is 1. The normalized spacial score (nSPS) is 46.0. The molecule has 0 bridgehead atoms. The van der Waals surface area contributed by atoms with Gasteiger partial charge < -0.3 is 14.6 Å². The number of carbonyl (C=O) groups excluding carboxylic acids is 1. The van der Waals surface area contributed by atoms with E-state index in [4.69, 9.17) is 9.47 Å². The molecule has 0 amide bonds. The summed E-state index contributed by atoms with van der Waals surface area (Å²) in [5, 5.41) is 9.31. The minimum absolute atomic E-state index is 0.0288. The first-order chi connectivity index (χ1) is 6.66. The number of carbonyl (C=O) groups is 1. The van der Waals surface area contributed by atoms with Crippen LogP contribution in [0, 0.1) is 0 Å². The van der Waals surface area contributed by atoms with E-state index in [-0.39, 0.29) is 18.3 Å². The van der Waals surface area contributed by atoms with Gasteiger partial charge in [0.05, 0.1) is 6.10 Å². The molecule has 4 nitrogen and oxygen atoms in total. The van der Waals surface area contributed by atoms with Crippen LogP contribution in [0.25, 0.3) is 0 Å². The molecule has 0 aromatic rings. The number of fused-ring (bicyclic) bond motifs is 1. The zero-order valence-corrected chi connectivity index (χ0v) is 7.79. The first-order valence-corrected chi connectivity index (χ1v) is 4.57. The summed E-state index contributed by atoms with van der Waals surface area (Å²) in [5.74, 6) is -0.443. The standard InChI is InChI=1S/C10H12O4/c1-6-10-8(14-10)4-2-7(11)3-5-9(12)13-6/h2-8,10-11H,1H3/b4-2+,5-3-/t6-,7-,8-,10+/m0/s1. The largest absolute Gasteiger partial charge is 0.457 e. The van der Waals surface area contributed by atoms with Gasteiger partial charge in [0, 0.05) is 6.08 Å². The molecule has 1 fully saturated rings. The van der Waals surface area contributed by atoms with Crippen LogP contribution in [-0.2, 0) is 14.3 Å². The fraction of sp³-hybridized carbons (Fsp3) is 0.500. The van der Waals surface area contributed by atoms with E-state index in [1.807, 2.05) is 0 Å². The predicted octanol–water partition coefficient (Wildman–Crippen LogP) is 0.172. The Hall–Kier alpha value is -1.13. The third kappa shape index (κ3) is 2.02. The second-order valence-electron chi connectivity index (χ2n) is 3.44. The Balaban J connectivity index is 2.11. The molecule has 76 valence electrons. The molecule has 0 aromatic heterocycles. The zero-order valence-electron chi connectivity index (χ0n) is 7.79. The summed E-state index contributed by atoms with van der Waals surface area (Å²) in [5.41, 5.74) is 0. The van der Waals surface area contributed by atoms with Gasteiger partial charge in [-0.2, -0.15) is 0 Å². The summed E-state index contributed by atoms with van der Waals surface area (Å²) in [6, 6.07) is 0. The Morgan fingerprint density at radius 2 is 2.14 bits per heavy atom. The summed E-state index contributed by atoms with van der Waals surface area (Å²) >= 11 is 0. The first-order valence-electron chi connectivity index (χ1n) is 4.57. The molecule has 0 aromatic carbocycles. The number of aliphatic hydroxyl groups is 1. The van der Waals surface area contributed by atoms with Gasteiger partial charge in [0.15, 0.2) is 0 Å². The van der Waals surface area contributed by atoms with Crippen LogP contribution < -0.4 is 0 Å². The number of cyclic esters (lactones) is 1. The van der Waals surface area contributed by atoms with E-state index in [0.29, 0.717) is 0 Å². The van der Waals surface area contributed by atoms with Gasteiger partial charge >= 0.3 is 5.97 Å².